The molecule has 1 unspecified atom stereocenters. The number of carbonyl (C=O) groups is 4. The van der Waals surface area contributed by atoms with Gasteiger partial charge in [0, 0.05) is 35.6 Å². The number of sulfonamides is 2. The second-order valence-corrected chi connectivity index (χ2v) is 14.8. The minimum atomic E-state index is -3.62. The van der Waals surface area contributed by atoms with Crippen LogP contribution in [-0.4, -0.2) is 115 Å². The van der Waals surface area contributed by atoms with Gasteiger partial charge in [0.05, 0.1) is 36.9 Å². The number of rotatable bonds is 26. The molecule has 0 aliphatic rings. The van der Waals surface area contributed by atoms with Crippen molar-refractivity contribution in [2.24, 2.45) is 0 Å². The quantitative estimate of drug-likeness (QED) is 0.0315. The summed E-state index contributed by atoms with van der Waals surface area (Å²) in [6, 6.07) is 0. The van der Waals surface area contributed by atoms with Crippen molar-refractivity contribution in [2.45, 2.75) is 79.6 Å². The molecular weight excluding hydrogens is 713 g/mol. The van der Waals surface area contributed by atoms with Gasteiger partial charge in [0.2, 0.25) is 20.0 Å². The van der Waals surface area contributed by atoms with Gasteiger partial charge in [0.15, 0.2) is 12.7 Å². The molecule has 0 saturated heterocycles. The Bertz CT molecular complexity index is 1100. The van der Waals surface area contributed by atoms with Crippen LogP contribution in [0.3, 0.4) is 0 Å². The van der Waals surface area contributed by atoms with Gasteiger partial charge >= 0.3 is 23.9 Å². The molecule has 0 spiro atoms. The Balaban J connectivity index is 0. The highest BCUT2D eigenvalue weighted by Gasteiger charge is 2.20. The summed E-state index contributed by atoms with van der Waals surface area (Å²) in [5.74, 6) is -2.61. The number of ether oxygens (including phenoxy) is 4. The predicted octanol–water partition coefficient (Wildman–Crippen LogP) is 1.20. The molecule has 0 radical (unpaired) electrons. The lowest BCUT2D eigenvalue weighted by molar-refractivity contribution is -0.220. The van der Waals surface area contributed by atoms with Gasteiger partial charge in [-0.05, 0) is 61.3 Å². The molecule has 0 aromatic heterocycles. The molecule has 0 aromatic rings. The highest BCUT2D eigenvalue weighted by molar-refractivity contribution is 7.94. The first kappa shape index (κ1) is 47.4. The number of hydrogen-bond acceptors (Lipinski definition) is 18. The maximum atomic E-state index is 11.7. The third-order valence-electron chi connectivity index (χ3n) is 4.30. The lowest BCUT2D eigenvalue weighted by Gasteiger charge is -2.12. The Hall–Kier alpha value is -1.76. The molecule has 0 aliphatic heterocycles. The molecule has 0 fully saturated rings. The first-order valence-corrected chi connectivity index (χ1v) is 19.6. The van der Waals surface area contributed by atoms with Gasteiger partial charge in [-0.25, -0.2) is 45.6 Å². The van der Waals surface area contributed by atoms with E-state index in [4.69, 9.17) is 23.2 Å². The Morgan fingerprint density at radius 3 is 1.51 bits per heavy atom. The molecule has 0 aromatic carbocycles. The number of hydrogen-bond donors (Lipinski definition) is 2. The minimum absolute atomic E-state index is 0.0754. The molecule has 0 saturated carbocycles. The molecule has 2 N–H and O–H groups in total. The molecule has 0 bridgehead atoms. The molecule has 0 rings (SSSR count). The third-order valence-corrected chi connectivity index (χ3v) is 8.38. The topological polar surface area (TPSA) is 234 Å². The van der Waals surface area contributed by atoms with Crippen molar-refractivity contribution >= 4 is 68.0 Å². The van der Waals surface area contributed by atoms with Crippen LogP contribution in [0.1, 0.15) is 61.3 Å². The largest absolute Gasteiger partial charge is 0.463 e. The summed E-state index contributed by atoms with van der Waals surface area (Å²) in [6.07, 6.45) is -0.606. The summed E-state index contributed by atoms with van der Waals surface area (Å²) < 4.78 is 78.9. The van der Waals surface area contributed by atoms with E-state index < -0.39 is 69.7 Å². The molecule has 0 heterocycles. The van der Waals surface area contributed by atoms with Crippen LogP contribution in [0.15, 0.2) is 0 Å². The fourth-order valence-corrected chi connectivity index (χ4v) is 5.78. The Morgan fingerprint density at radius 2 is 1.09 bits per heavy atom. The smallest absolute Gasteiger partial charge is 0.347 e. The van der Waals surface area contributed by atoms with E-state index in [-0.39, 0.29) is 36.9 Å². The van der Waals surface area contributed by atoms with Crippen LogP contribution >= 0.6 is 24.1 Å². The molecule has 18 nitrogen and oxygen atoms in total. The summed E-state index contributed by atoms with van der Waals surface area (Å²) in [7, 11) is -7.23. The molecule has 278 valence electrons. The number of esters is 4. The molecule has 0 amide bonds. The lowest BCUT2D eigenvalue weighted by atomic mass is 10.4. The van der Waals surface area contributed by atoms with Gasteiger partial charge in [-0.1, -0.05) is 0 Å². The maximum Gasteiger partial charge on any atom is 0.347 e. The summed E-state index contributed by atoms with van der Waals surface area (Å²) in [6.45, 7) is 10.5. The van der Waals surface area contributed by atoms with Gasteiger partial charge < -0.3 is 18.9 Å². The van der Waals surface area contributed by atoms with Crippen LogP contribution in [0.25, 0.3) is 0 Å². The lowest BCUT2D eigenvalue weighted by Crippen LogP contribution is -2.35. The van der Waals surface area contributed by atoms with Crippen LogP contribution in [0, 0.1) is 0 Å². The Morgan fingerprint density at radius 1 is 0.638 bits per heavy atom. The van der Waals surface area contributed by atoms with Crippen LogP contribution < -0.4 is 9.44 Å². The van der Waals surface area contributed by atoms with Crippen molar-refractivity contribution in [2.75, 3.05) is 55.9 Å². The minimum Gasteiger partial charge on any atom is -0.463 e. The summed E-state index contributed by atoms with van der Waals surface area (Å²) in [4.78, 5) is 54.7. The molecule has 0 aliphatic carbocycles. The van der Waals surface area contributed by atoms with E-state index in [2.05, 4.69) is 23.7 Å². The standard InChI is InChI=1S/C13H25NO8S2.C12H23NO8S2/c1-5-19-13(16)11(4)20-12(15)9-14-24(17,18)8-6-7-23-22-21-10(2)3;1-4-18-12(15)9-19-11(14)8-13-23(16,17)7-5-6-22-21-20-10(2)3/h10-11,14H,5-9H2,1-4H3;10,13H,4-9H2,1-3H3. The monoisotopic (exact) mass is 760 g/mol. The van der Waals surface area contributed by atoms with Crippen molar-refractivity contribution in [1.29, 1.82) is 0 Å². The van der Waals surface area contributed by atoms with Gasteiger partial charge in [0.1, 0.15) is 13.1 Å². The molecular formula is C25H48N2O16S4. The zero-order chi connectivity index (χ0) is 36.3. The average Bonchev–Trinajstić information content (AvgIpc) is 2.98. The Labute approximate surface area is 285 Å². The van der Waals surface area contributed by atoms with Crippen molar-refractivity contribution < 1.29 is 73.4 Å². The Kier molecular flexibility index (Phi) is 28.3. The van der Waals surface area contributed by atoms with Crippen LogP contribution in [0.4, 0.5) is 0 Å². The van der Waals surface area contributed by atoms with E-state index in [0.29, 0.717) is 24.3 Å². The summed E-state index contributed by atoms with van der Waals surface area (Å²) in [5.41, 5.74) is 0. The fraction of sp³-hybridized carbons (Fsp3) is 0.840. The van der Waals surface area contributed by atoms with Crippen molar-refractivity contribution in [3.63, 3.8) is 0 Å². The SMILES string of the molecule is CCOC(=O)C(C)OC(=O)CNS(=O)(=O)CCCSOOC(C)C.CCOC(=O)COC(=O)CNS(=O)(=O)CCCSOOC(C)C. The van der Waals surface area contributed by atoms with E-state index in [9.17, 15) is 36.0 Å². The van der Waals surface area contributed by atoms with Gasteiger partial charge in [-0.3, -0.25) is 9.59 Å². The zero-order valence-electron chi connectivity index (χ0n) is 27.7. The van der Waals surface area contributed by atoms with E-state index in [0.717, 1.165) is 24.1 Å². The molecule has 47 heavy (non-hydrogen) atoms. The van der Waals surface area contributed by atoms with Crippen LogP contribution in [-0.2, 0) is 76.6 Å². The first-order valence-electron chi connectivity index (χ1n) is 14.5. The van der Waals surface area contributed by atoms with E-state index >= 15 is 0 Å². The highest BCUT2D eigenvalue weighted by atomic mass is 32.2. The number of carbonyl (C=O) groups excluding carboxylic acids is 4. The van der Waals surface area contributed by atoms with Crippen LogP contribution in [0.2, 0.25) is 0 Å². The van der Waals surface area contributed by atoms with Crippen molar-refractivity contribution in [1.82, 2.24) is 9.44 Å². The first-order chi connectivity index (χ1) is 21.9. The van der Waals surface area contributed by atoms with E-state index in [1.807, 2.05) is 0 Å². The van der Waals surface area contributed by atoms with E-state index in [1.54, 1.807) is 41.5 Å². The van der Waals surface area contributed by atoms with Crippen LogP contribution in [0.5, 0.6) is 0 Å². The summed E-state index contributed by atoms with van der Waals surface area (Å²) in [5, 5.41) is 0. The maximum absolute atomic E-state index is 11.7. The van der Waals surface area contributed by atoms with E-state index in [1.165, 1.54) is 6.92 Å². The second-order valence-electron chi connectivity index (χ2n) is 9.41. The average molecular weight is 761 g/mol. The molecule has 22 heteroatoms. The predicted molar refractivity (Wildman–Crippen MR) is 172 cm³/mol. The van der Waals surface area contributed by atoms with Gasteiger partial charge in [0.25, 0.3) is 0 Å². The van der Waals surface area contributed by atoms with Crippen molar-refractivity contribution in [3.05, 3.63) is 0 Å². The van der Waals surface area contributed by atoms with Crippen molar-refractivity contribution in [3.8, 4) is 0 Å². The summed E-state index contributed by atoms with van der Waals surface area (Å²) >= 11 is 2.01. The van der Waals surface area contributed by atoms with Gasteiger partial charge in [-0.15, -0.1) is 0 Å². The fourth-order valence-electron chi connectivity index (χ4n) is 2.32. The zero-order valence-corrected chi connectivity index (χ0v) is 30.9. The highest BCUT2D eigenvalue weighted by Crippen LogP contribution is 2.09. The second kappa shape index (κ2) is 28.1. The third kappa shape index (κ3) is 32.6. The number of nitrogens with one attached hydrogen (secondary N) is 2. The van der Waals surface area contributed by atoms with Gasteiger partial charge in [-0.2, -0.15) is 8.67 Å². The normalized spacial score (nSPS) is 12.2. The molecule has 1 atom stereocenters.